The number of carbonyl (C=O) groups is 7. The quantitative estimate of drug-likeness (QED) is 0.135. The van der Waals surface area contributed by atoms with Crippen LogP contribution in [0.5, 0.6) is 0 Å². The van der Waals surface area contributed by atoms with E-state index in [2.05, 4.69) is 26.6 Å². The van der Waals surface area contributed by atoms with Crippen molar-refractivity contribution in [2.75, 3.05) is 40.0 Å². The SMILES string of the molecule is COC(=O)[C@H](CC(C)C)NC(=O)[C@@H]1C[C@@H]2CN1C(=O)[C@H]([C@@H](C)O)NC(=O)[C@H](COCc1ccccc1)NC(=O)[C@@H](NC(=O)OCC1c3ccccc3-c3ccccc31)CCC(=O)NCCO2. The molecule has 3 aliphatic rings. The minimum absolute atomic E-state index is 0.00281. The van der Waals surface area contributed by atoms with E-state index >= 15 is 0 Å². The zero-order valence-electron chi connectivity index (χ0n) is 37.7. The lowest BCUT2D eigenvalue weighted by Gasteiger charge is -2.31. The van der Waals surface area contributed by atoms with E-state index in [0.717, 1.165) is 27.8 Å². The molecule has 7 atom stereocenters. The Morgan fingerprint density at radius 1 is 0.879 bits per heavy atom. The lowest BCUT2D eigenvalue weighted by molar-refractivity contribution is -0.148. The molecule has 3 aromatic rings. The highest BCUT2D eigenvalue weighted by molar-refractivity contribution is 5.97. The molecule has 6 rings (SSSR count). The lowest BCUT2D eigenvalue weighted by Crippen LogP contribution is -2.61. The normalized spacial score (nSPS) is 22.6. The topological polar surface area (TPSA) is 240 Å². The third kappa shape index (κ3) is 12.7. The second-order valence-electron chi connectivity index (χ2n) is 17.1. The third-order valence-corrected chi connectivity index (χ3v) is 11.8. The Hall–Kier alpha value is -6.37. The van der Waals surface area contributed by atoms with Crippen LogP contribution in [0.3, 0.4) is 0 Å². The Labute approximate surface area is 383 Å². The molecule has 2 heterocycles. The van der Waals surface area contributed by atoms with Crippen molar-refractivity contribution >= 4 is 41.6 Å². The summed E-state index contributed by atoms with van der Waals surface area (Å²) in [4.78, 5) is 97.2. The summed E-state index contributed by atoms with van der Waals surface area (Å²) < 4.78 is 22.6. The first-order chi connectivity index (χ1) is 31.7. The van der Waals surface area contributed by atoms with Gasteiger partial charge in [-0.2, -0.15) is 0 Å². The van der Waals surface area contributed by atoms with E-state index in [1.165, 1.54) is 18.9 Å². The van der Waals surface area contributed by atoms with E-state index in [1.807, 2.05) is 68.4 Å². The Kier molecular flexibility index (Phi) is 17.2. The van der Waals surface area contributed by atoms with E-state index in [9.17, 15) is 38.7 Å². The number of hydrogen-bond donors (Lipinski definition) is 6. The van der Waals surface area contributed by atoms with E-state index in [4.69, 9.17) is 18.9 Å². The van der Waals surface area contributed by atoms with Crippen molar-refractivity contribution in [3.63, 3.8) is 0 Å². The number of rotatable bonds is 13. The molecule has 2 fully saturated rings. The lowest BCUT2D eigenvalue weighted by atomic mass is 9.98. The smallest absolute Gasteiger partial charge is 0.407 e. The Bertz CT molecular complexity index is 2160. The molecule has 0 radical (unpaired) electrons. The number of aliphatic hydroxyl groups excluding tert-OH is 1. The maximum absolute atomic E-state index is 14.4. The number of methoxy groups -OCH3 is 1. The zero-order chi connectivity index (χ0) is 47.3. The predicted octanol–water partition coefficient (Wildman–Crippen LogP) is 2.06. The maximum Gasteiger partial charge on any atom is 0.407 e. The molecule has 0 unspecified atom stereocenters. The van der Waals surface area contributed by atoms with Crippen LogP contribution in [0.4, 0.5) is 4.79 Å². The molecule has 2 aliphatic heterocycles. The number of hydrogen-bond acceptors (Lipinski definition) is 12. The van der Waals surface area contributed by atoms with Gasteiger partial charge in [-0.15, -0.1) is 0 Å². The van der Waals surface area contributed by atoms with Gasteiger partial charge in [0.15, 0.2) is 0 Å². The minimum atomic E-state index is -1.62. The van der Waals surface area contributed by atoms with Gasteiger partial charge >= 0.3 is 12.1 Å². The summed E-state index contributed by atoms with van der Waals surface area (Å²) in [7, 11) is 1.20. The van der Waals surface area contributed by atoms with Crippen LogP contribution in [0.15, 0.2) is 78.9 Å². The molecule has 18 nitrogen and oxygen atoms in total. The summed E-state index contributed by atoms with van der Waals surface area (Å²) in [6.07, 6.45) is -3.31. The number of nitrogens with zero attached hydrogens (tertiary/aromatic N) is 1. The van der Waals surface area contributed by atoms with Gasteiger partial charge in [0.2, 0.25) is 29.5 Å². The third-order valence-electron chi connectivity index (χ3n) is 11.8. The van der Waals surface area contributed by atoms with Gasteiger partial charge in [-0.25, -0.2) is 9.59 Å². The number of fused-ring (bicyclic) bond motifs is 5. The van der Waals surface area contributed by atoms with Crippen molar-refractivity contribution in [1.82, 2.24) is 31.5 Å². The average molecular weight is 913 g/mol. The van der Waals surface area contributed by atoms with Gasteiger partial charge in [-0.3, -0.25) is 24.0 Å². The second kappa shape index (κ2) is 23.2. The van der Waals surface area contributed by atoms with Gasteiger partial charge in [-0.1, -0.05) is 92.7 Å². The summed E-state index contributed by atoms with van der Waals surface area (Å²) in [6.45, 7) is 4.49. The van der Waals surface area contributed by atoms with Gasteiger partial charge in [0.1, 0.15) is 36.8 Å². The van der Waals surface area contributed by atoms with E-state index in [-0.39, 0.29) is 70.4 Å². The van der Waals surface area contributed by atoms with Crippen LogP contribution in [0.1, 0.15) is 69.1 Å². The second-order valence-corrected chi connectivity index (χ2v) is 17.1. The zero-order valence-corrected chi connectivity index (χ0v) is 37.7. The summed E-state index contributed by atoms with van der Waals surface area (Å²) in [6, 6.07) is 18.0. The van der Waals surface area contributed by atoms with Crippen molar-refractivity contribution in [1.29, 1.82) is 0 Å². The highest BCUT2D eigenvalue weighted by Gasteiger charge is 2.45. The molecule has 0 spiro atoms. The molecular formula is C48H60N6O12. The summed E-state index contributed by atoms with van der Waals surface area (Å²) in [5.74, 6) is -4.69. The van der Waals surface area contributed by atoms with Crippen LogP contribution in [0.2, 0.25) is 0 Å². The average Bonchev–Trinajstić information content (AvgIpc) is 3.88. The first-order valence-electron chi connectivity index (χ1n) is 22.3. The molecule has 2 saturated heterocycles. The highest BCUT2D eigenvalue weighted by Crippen LogP contribution is 2.44. The van der Waals surface area contributed by atoms with Crippen LogP contribution in [-0.2, 0) is 54.3 Å². The molecule has 2 bridgehead atoms. The number of esters is 1. The fraction of sp³-hybridized carbons (Fsp3) is 0.479. The number of carbonyl (C=O) groups excluding carboxylic acids is 7. The van der Waals surface area contributed by atoms with Crippen molar-refractivity contribution < 1.29 is 57.6 Å². The Morgan fingerprint density at radius 2 is 1.55 bits per heavy atom. The van der Waals surface area contributed by atoms with Crippen LogP contribution < -0.4 is 26.6 Å². The molecule has 6 N–H and O–H groups in total. The molecule has 0 saturated carbocycles. The predicted molar refractivity (Wildman–Crippen MR) is 239 cm³/mol. The van der Waals surface area contributed by atoms with E-state index < -0.39 is 90.6 Å². The number of nitrogens with one attached hydrogen (secondary N) is 5. The van der Waals surface area contributed by atoms with Crippen LogP contribution in [0.25, 0.3) is 11.1 Å². The standard InChI is InChI=1S/C48H60N6O12/c1-28(2)22-38(47(61)63-4)50-45(59)40-23-31-24-54(40)46(60)42(29(3)55)53-44(58)39(27-64-25-30-12-6-5-7-13-30)51-43(57)37(18-19-41(56)49-20-21-65-31)52-48(62)66-26-36-34-16-10-8-14-32(34)33-15-9-11-17-35(33)36/h5-17,28-29,31,36-40,42,55H,18-27H2,1-4H3,(H,49,56)(H,50,59)(H,51,57)(H,52,62)(H,53,58)/t29-,31-,37+,38+,39+,40+,42+/m1/s1. The largest absolute Gasteiger partial charge is 0.467 e. The van der Waals surface area contributed by atoms with Gasteiger partial charge < -0.3 is 55.5 Å². The van der Waals surface area contributed by atoms with Crippen LogP contribution >= 0.6 is 0 Å². The number of amides is 6. The van der Waals surface area contributed by atoms with Gasteiger partial charge in [-0.05, 0) is 53.5 Å². The van der Waals surface area contributed by atoms with E-state index in [0.29, 0.717) is 0 Å². The molecule has 18 heteroatoms. The first-order valence-corrected chi connectivity index (χ1v) is 22.3. The van der Waals surface area contributed by atoms with Crippen molar-refractivity contribution in [2.45, 2.75) is 101 Å². The molecule has 3 aromatic carbocycles. The number of aliphatic hydroxyl groups is 1. The van der Waals surface area contributed by atoms with Crippen LogP contribution in [-0.4, -0.2) is 134 Å². The summed E-state index contributed by atoms with van der Waals surface area (Å²) >= 11 is 0. The van der Waals surface area contributed by atoms with Gasteiger partial charge in [0, 0.05) is 31.8 Å². The Morgan fingerprint density at radius 3 is 2.20 bits per heavy atom. The molecular weight excluding hydrogens is 853 g/mol. The molecule has 354 valence electrons. The van der Waals surface area contributed by atoms with Crippen molar-refractivity contribution in [2.24, 2.45) is 5.92 Å². The van der Waals surface area contributed by atoms with Crippen LogP contribution in [0, 0.1) is 5.92 Å². The van der Waals surface area contributed by atoms with Gasteiger partial charge in [0.25, 0.3) is 0 Å². The van der Waals surface area contributed by atoms with E-state index in [1.54, 1.807) is 24.3 Å². The minimum Gasteiger partial charge on any atom is -0.467 e. The monoisotopic (exact) mass is 912 g/mol. The summed E-state index contributed by atoms with van der Waals surface area (Å²) in [5.41, 5.74) is 4.79. The summed E-state index contributed by atoms with van der Waals surface area (Å²) in [5, 5.41) is 24.2. The maximum atomic E-state index is 14.4. The molecule has 1 aliphatic carbocycles. The highest BCUT2D eigenvalue weighted by atomic mass is 16.5. The van der Waals surface area contributed by atoms with Crippen molar-refractivity contribution in [3.05, 3.63) is 95.6 Å². The first kappa shape index (κ1) is 49.1. The van der Waals surface area contributed by atoms with Gasteiger partial charge in [0.05, 0.1) is 39.1 Å². The van der Waals surface area contributed by atoms with Crippen molar-refractivity contribution in [3.8, 4) is 11.1 Å². The fourth-order valence-electron chi connectivity index (χ4n) is 8.48. The number of benzene rings is 3. The molecule has 66 heavy (non-hydrogen) atoms. The fourth-order valence-corrected chi connectivity index (χ4v) is 8.48. The number of alkyl carbamates (subject to hydrolysis) is 1. The Balaban J connectivity index is 1.23. The molecule has 0 aromatic heterocycles. The number of ether oxygens (including phenoxy) is 4. The molecule has 6 amide bonds.